The molecule has 6 nitrogen and oxygen atoms in total. The first-order valence-corrected chi connectivity index (χ1v) is 12.1. The Bertz CT molecular complexity index is 1240. The molecule has 0 bridgehead atoms. The molecule has 0 unspecified atom stereocenters. The van der Waals surface area contributed by atoms with Gasteiger partial charge in [0, 0.05) is 20.4 Å². The Labute approximate surface area is 208 Å². The number of aromatic nitrogens is 2. The second-order valence-corrected chi connectivity index (χ2v) is 9.68. The van der Waals surface area contributed by atoms with Gasteiger partial charge < -0.3 is 9.47 Å². The average Bonchev–Trinajstić information content (AvgIpc) is 2.76. The first kappa shape index (κ1) is 24.7. The number of rotatable bonds is 7. The van der Waals surface area contributed by atoms with E-state index in [0.717, 1.165) is 10.9 Å². The summed E-state index contributed by atoms with van der Waals surface area (Å²) < 4.78 is 14.0. The summed E-state index contributed by atoms with van der Waals surface area (Å²) in [5, 5.41) is 5.36. The SMILES string of the molecule is CC[C@@H](C)c1nc2ccc(Br)cc2c(=O)n1N=Cc1cc(OC)c(OC(C)C)c(Cl)c1Br. The number of hydrogen-bond donors (Lipinski definition) is 0. The molecule has 3 rings (SSSR count). The lowest BCUT2D eigenvalue weighted by atomic mass is 10.1. The van der Waals surface area contributed by atoms with Gasteiger partial charge in [-0.3, -0.25) is 4.79 Å². The number of benzene rings is 2. The highest BCUT2D eigenvalue weighted by molar-refractivity contribution is 9.10. The Morgan fingerprint density at radius 3 is 2.59 bits per heavy atom. The summed E-state index contributed by atoms with van der Waals surface area (Å²) in [6.07, 6.45) is 2.30. The smallest absolute Gasteiger partial charge is 0.282 e. The van der Waals surface area contributed by atoms with Crippen molar-refractivity contribution < 1.29 is 9.47 Å². The van der Waals surface area contributed by atoms with Crippen LogP contribution in [0.2, 0.25) is 5.02 Å². The highest BCUT2D eigenvalue weighted by atomic mass is 79.9. The summed E-state index contributed by atoms with van der Waals surface area (Å²) in [6, 6.07) is 7.21. The molecule has 0 N–H and O–H groups in total. The Morgan fingerprint density at radius 2 is 1.97 bits per heavy atom. The van der Waals surface area contributed by atoms with E-state index in [1.165, 1.54) is 4.68 Å². The van der Waals surface area contributed by atoms with Crippen LogP contribution in [0.5, 0.6) is 11.5 Å². The molecule has 9 heteroatoms. The van der Waals surface area contributed by atoms with Gasteiger partial charge in [-0.1, -0.05) is 41.4 Å². The maximum atomic E-state index is 13.3. The number of methoxy groups -OCH3 is 1. The molecule has 0 aliphatic rings. The fourth-order valence-corrected chi connectivity index (χ4v) is 4.10. The lowest BCUT2D eigenvalue weighted by Crippen LogP contribution is -2.23. The number of hydrogen-bond acceptors (Lipinski definition) is 5. The summed E-state index contributed by atoms with van der Waals surface area (Å²) >= 11 is 13.5. The molecule has 1 aromatic heterocycles. The number of nitrogens with zero attached hydrogens (tertiary/aromatic N) is 3. The van der Waals surface area contributed by atoms with Crippen LogP contribution in [0.3, 0.4) is 0 Å². The molecule has 2 aromatic carbocycles. The third kappa shape index (κ3) is 5.02. The molecular weight excluding hydrogens is 562 g/mol. The minimum atomic E-state index is -0.239. The number of halogens is 3. The highest BCUT2D eigenvalue weighted by Gasteiger charge is 2.19. The monoisotopic (exact) mass is 583 g/mol. The van der Waals surface area contributed by atoms with Crippen molar-refractivity contribution in [1.82, 2.24) is 9.66 Å². The molecule has 3 aromatic rings. The first-order chi connectivity index (χ1) is 15.2. The van der Waals surface area contributed by atoms with Crippen molar-refractivity contribution in [3.8, 4) is 11.5 Å². The maximum absolute atomic E-state index is 13.3. The van der Waals surface area contributed by atoms with Gasteiger partial charge in [-0.05, 0) is 60.5 Å². The van der Waals surface area contributed by atoms with E-state index < -0.39 is 0 Å². The molecule has 1 heterocycles. The quantitative estimate of drug-likeness (QED) is 0.287. The summed E-state index contributed by atoms with van der Waals surface area (Å²) in [5.41, 5.74) is 1.04. The molecule has 0 saturated heterocycles. The Kier molecular flexibility index (Phi) is 8.01. The Balaban J connectivity index is 2.19. The van der Waals surface area contributed by atoms with Gasteiger partial charge in [0.25, 0.3) is 5.56 Å². The van der Waals surface area contributed by atoms with Crippen LogP contribution in [0, 0.1) is 0 Å². The molecule has 1 atom stereocenters. The van der Waals surface area contributed by atoms with Gasteiger partial charge in [0.2, 0.25) is 0 Å². The van der Waals surface area contributed by atoms with Gasteiger partial charge >= 0.3 is 0 Å². The van der Waals surface area contributed by atoms with Crippen molar-refractivity contribution in [3.63, 3.8) is 0 Å². The zero-order valence-corrected chi connectivity index (χ0v) is 22.4. The van der Waals surface area contributed by atoms with Gasteiger partial charge in [-0.2, -0.15) is 9.78 Å². The van der Waals surface area contributed by atoms with E-state index in [2.05, 4.69) is 37.0 Å². The second kappa shape index (κ2) is 10.4. The molecule has 0 amide bonds. The van der Waals surface area contributed by atoms with Gasteiger partial charge in [-0.25, -0.2) is 4.98 Å². The first-order valence-electron chi connectivity index (χ1n) is 10.2. The van der Waals surface area contributed by atoms with Gasteiger partial charge in [0.1, 0.15) is 10.8 Å². The lowest BCUT2D eigenvalue weighted by molar-refractivity contribution is 0.230. The zero-order valence-electron chi connectivity index (χ0n) is 18.4. The van der Waals surface area contributed by atoms with Gasteiger partial charge in [0.05, 0.1) is 30.3 Å². The largest absolute Gasteiger partial charge is 0.493 e. The molecule has 0 fully saturated rings. The van der Waals surface area contributed by atoms with E-state index in [1.807, 2.05) is 39.8 Å². The molecular formula is C23H24Br2ClN3O3. The van der Waals surface area contributed by atoms with Crippen LogP contribution in [0.1, 0.15) is 51.4 Å². The number of ether oxygens (including phenoxy) is 2. The molecule has 0 aliphatic heterocycles. The van der Waals surface area contributed by atoms with Crippen LogP contribution in [0.15, 0.2) is 43.1 Å². The summed E-state index contributed by atoms with van der Waals surface area (Å²) in [7, 11) is 1.55. The van der Waals surface area contributed by atoms with E-state index >= 15 is 0 Å². The third-order valence-electron chi connectivity index (χ3n) is 4.93. The second-order valence-electron chi connectivity index (χ2n) is 7.59. The fraction of sp³-hybridized carbons (Fsp3) is 0.348. The molecule has 0 saturated carbocycles. The standard InChI is InChI=1S/C23H24Br2ClN3O3/c1-6-13(4)22-28-17-8-7-15(24)10-16(17)23(30)29(22)27-11-14-9-18(31-5)21(32-12(2)3)20(26)19(14)25/h7-13H,6H2,1-5H3/t13-/m1/s1. The lowest BCUT2D eigenvalue weighted by Gasteiger charge is -2.17. The maximum Gasteiger partial charge on any atom is 0.282 e. The van der Waals surface area contributed by atoms with Crippen molar-refractivity contribution in [3.05, 3.63) is 60.0 Å². The summed E-state index contributed by atoms with van der Waals surface area (Å²) in [5.74, 6) is 1.56. The summed E-state index contributed by atoms with van der Waals surface area (Å²) in [6.45, 7) is 7.89. The third-order valence-corrected chi connectivity index (χ3v) is 6.86. The van der Waals surface area contributed by atoms with Crippen LogP contribution in [-0.4, -0.2) is 29.1 Å². The van der Waals surface area contributed by atoms with Crippen molar-refractivity contribution >= 4 is 60.6 Å². The van der Waals surface area contributed by atoms with E-state index in [-0.39, 0.29) is 17.6 Å². The normalized spacial score (nSPS) is 12.7. The Morgan fingerprint density at radius 1 is 1.25 bits per heavy atom. The van der Waals surface area contributed by atoms with E-state index in [4.69, 9.17) is 26.1 Å². The predicted molar refractivity (Wildman–Crippen MR) is 137 cm³/mol. The van der Waals surface area contributed by atoms with Gasteiger partial charge in [-0.15, -0.1) is 0 Å². The number of fused-ring (bicyclic) bond motifs is 1. The van der Waals surface area contributed by atoms with Crippen LogP contribution in [-0.2, 0) is 0 Å². The van der Waals surface area contributed by atoms with E-state index in [0.29, 0.717) is 43.3 Å². The topological polar surface area (TPSA) is 65.7 Å². The van der Waals surface area contributed by atoms with E-state index in [1.54, 1.807) is 25.5 Å². The van der Waals surface area contributed by atoms with Crippen molar-refractivity contribution in [2.75, 3.05) is 7.11 Å². The zero-order chi connectivity index (χ0) is 23.6. The Hall–Kier alpha value is -1.90. The molecule has 0 radical (unpaired) electrons. The molecule has 0 aliphatic carbocycles. The minimum absolute atomic E-state index is 0.0382. The van der Waals surface area contributed by atoms with Crippen LogP contribution in [0.4, 0.5) is 0 Å². The molecule has 0 spiro atoms. The average molecular weight is 586 g/mol. The molecule has 32 heavy (non-hydrogen) atoms. The van der Waals surface area contributed by atoms with Crippen LogP contribution < -0.4 is 15.0 Å². The van der Waals surface area contributed by atoms with Gasteiger partial charge in [0.15, 0.2) is 11.5 Å². The summed E-state index contributed by atoms with van der Waals surface area (Å²) in [4.78, 5) is 18.0. The van der Waals surface area contributed by atoms with Crippen LogP contribution in [0.25, 0.3) is 10.9 Å². The van der Waals surface area contributed by atoms with Crippen molar-refractivity contribution in [2.24, 2.45) is 5.10 Å². The van der Waals surface area contributed by atoms with Crippen molar-refractivity contribution in [2.45, 2.75) is 46.1 Å². The van der Waals surface area contributed by atoms with Crippen LogP contribution >= 0.6 is 43.5 Å². The highest BCUT2D eigenvalue weighted by Crippen LogP contribution is 2.42. The molecule has 170 valence electrons. The predicted octanol–water partition coefficient (Wildman–Crippen LogP) is 6.77. The van der Waals surface area contributed by atoms with Crippen molar-refractivity contribution in [1.29, 1.82) is 0 Å². The minimum Gasteiger partial charge on any atom is -0.493 e. The fourth-order valence-electron chi connectivity index (χ4n) is 3.09. The van der Waals surface area contributed by atoms with E-state index in [9.17, 15) is 4.79 Å².